The van der Waals surface area contributed by atoms with Crippen molar-refractivity contribution in [1.82, 2.24) is 15.1 Å². The van der Waals surface area contributed by atoms with Gasteiger partial charge in [-0.15, -0.1) is 0 Å². The number of benzene rings is 1. The van der Waals surface area contributed by atoms with E-state index >= 15 is 0 Å². The summed E-state index contributed by atoms with van der Waals surface area (Å²) in [5.41, 5.74) is 0.915. The summed E-state index contributed by atoms with van der Waals surface area (Å²) >= 11 is 0. The normalized spacial score (nSPS) is 20.6. The average Bonchev–Trinajstić information content (AvgIpc) is 3.30. The van der Waals surface area contributed by atoms with E-state index in [1.807, 2.05) is 24.6 Å². The molecular weight excluding hydrogens is 349 g/mol. The SMILES string of the molecule is CC(C)n1nccc1[C@H]1OCC[C@@H]1C(=O)NC[C@@H](C)Oc1ccccc1F. The molecule has 1 saturated heterocycles. The van der Waals surface area contributed by atoms with Crippen LogP contribution in [0.5, 0.6) is 5.75 Å². The molecule has 3 atom stereocenters. The predicted octanol–water partition coefficient (Wildman–Crippen LogP) is 3.26. The van der Waals surface area contributed by atoms with Gasteiger partial charge < -0.3 is 14.8 Å². The molecule has 1 aliphatic rings. The molecule has 7 heteroatoms. The van der Waals surface area contributed by atoms with E-state index in [2.05, 4.69) is 10.4 Å². The molecule has 1 aromatic heterocycles. The Morgan fingerprint density at radius 2 is 2.15 bits per heavy atom. The first-order valence-corrected chi connectivity index (χ1v) is 9.31. The van der Waals surface area contributed by atoms with Crippen molar-refractivity contribution in [2.24, 2.45) is 5.92 Å². The number of rotatable bonds is 7. The van der Waals surface area contributed by atoms with Crippen LogP contribution in [-0.4, -0.2) is 34.9 Å². The van der Waals surface area contributed by atoms with E-state index in [0.717, 1.165) is 5.69 Å². The fraction of sp³-hybridized carbons (Fsp3) is 0.500. The van der Waals surface area contributed by atoms with Crippen LogP contribution < -0.4 is 10.1 Å². The lowest BCUT2D eigenvalue weighted by Crippen LogP contribution is -2.38. The highest BCUT2D eigenvalue weighted by molar-refractivity contribution is 5.79. The minimum atomic E-state index is -0.415. The Balaban J connectivity index is 1.58. The van der Waals surface area contributed by atoms with Crippen LogP contribution in [0.1, 0.15) is 45.0 Å². The maximum Gasteiger partial charge on any atom is 0.226 e. The Kier molecular flexibility index (Phi) is 6.11. The van der Waals surface area contributed by atoms with E-state index < -0.39 is 5.82 Å². The number of hydrogen-bond acceptors (Lipinski definition) is 4. The Morgan fingerprint density at radius 3 is 2.89 bits per heavy atom. The van der Waals surface area contributed by atoms with Crippen molar-refractivity contribution in [3.63, 3.8) is 0 Å². The van der Waals surface area contributed by atoms with Crippen LogP contribution in [0.25, 0.3) is 0 Å². The molecule has 1 aliphatic heterocycles. The van der Waals surface area contributed by atoms with E-state index in [4.69, 9.17) is 9.47 Å². The summed E-state index contributed by atoms with van der Waals surface area (Å²) in [6.45, 7) is 6.71. The van der Waals surface area contributed by atoms with Crippen LogP contribution in [0.2, 0.25) is 0 Å². The molecule has 1 N–H and O–H groups in total. The molecule has 0 bridgehead atoms. The van der Waals surface area contributed by atoms with Gasteiger partial charge in [0.2, 0.25) is 5.91 Å². The second-order valence-corrected chi connectivity index (χ2v) is 7.08. The molecule has 3 rings (SSSR count). The first-order valence-electron chi connectivity index (χ1n) is 9.31. The van der Waals surface area contributed by atoms with Crippen LogP contribution >= 0.6 is 0 Å². The number of hydrogen-bond donors (Lipinski definition) is 1. The molecule has 0 unspecified atom stereocenters. The molecular formula is C20H26FN3O3. The van der Waals surface area contributed by atoms with Gasteiger partial charge >= 0.3 is 0 Å². The summed E-state index contributed by atoms with van der Waals surface area (Å²) in [5, 5.41) is 7.24. The Morgan fingerprint density at radius 1 is 1.37 bits per heavy atom. The van der Waals surface area contributed by atoms with Crippen molar-refractivity contribution in [3.05, 3.63) is 48.0 Å². The maximum atomic E-state index is 13.7. The zero-order chi connectivity index (χ0) is 19.4. The van der Waals surface area contributed by atoms with E-state index in [0.29, 0.717) is 19.6 Å². The lowest BCUT2D eigenvalue weighted by Gasteiger charge is -2.22. The largest absolute Gasteiger partial charge is 0.486 e. The molecule has 2 heterocycles. The summed E-state index contributed by atoms with van der Waals surface area (Å²) in [4.78, 5) is 12.7. The second-order valence-electron chi connectivity index (χ2n) is 7.08. The van der Waals surface area contributed by atoms with Crippen molar-refractivity contribution in [2.45, 2.75) is 45.4 Å². The minimum absolute atomic E-state index is 0.0852. The monoisotopic (exact) mass is 375 g/mol. The molecule has 0 spiro atoms. The quantitative estimate of drug-likeness (QED) is 0.807. The maximum absolute atomic E-state index is 13.7. The number of carbonyl (C=O) groups excluding carboxylic acids is 1. The average molecular weight is 375 g/mol. The Hall–Kier alpha value is -2.41. The smallest absolute Gasteiger partial charge is 0.226 e. The lowest BCUT2D eigenvalue weighted by molar-refractivity contribution is -0.127. The third-order valence-corrected chi connectivity index (χ3v) is 4.64. The van der Waals surface area contributed by atoms with E-state index in [1.54, 1.807) is 31.3 Å². The molecule has 27 heavy (non-hydrogen) atoms. The van der Waals surface area contributed by atoms with Gasteiger partial charge in [0.15, 0.2) is 11.6 Å². The highest BCUT2D eigenvalue weighted by Crippen LogP contribution is 2.35. The van der Waals surface area contributed by atoms with Gasteiger partial charge in [0, 0.05) is 18.8 Å². The van der Waals surface area contributed by atoms with Crippen LogP contribution in [0.3, 0.4) is 0 Å². The number of nitrogens with zero attached hydrogens (tertiary/aromatic N) is 2. The molecule has 1 fully saturated rings. The Labute approximate surface area is 158 Å². The first-order chi connectivity index (χ1) is 13.0. The van der Waals surface area contributed by atoms with Crippen molar-refractivity contribution >= 4 is 5.91 Å². The van der Waals surface area contributed by atoms with Gasteiger partial charge in [-0.05, 0) is 45.4 Å². The van der Waals surface area contributed by atoms with Crippen molar-refractivity contribution < 1.29 is 18.7 Å². The van der Waals surface area contributed by atoms with Crippen molar-refractivity contribution in [2.75, 3.05) is 13.2 Å². The molecule has 0 saturated carbocycles. The number of amides is 1. The number of halogens is 1. The first kappa shape index (κ1) is 19.4. The van der Waals surface area contributed by atoms with Gasteiger partial charge in [-0.1, -0.05) is 12.1 Å². The summed E-state index contributed by atoms with van der Waals surface area (Å²) < 4.78 is 27.0. The highest BCUT2D eigenvalue weighted by Gasteiger charge is 2.37. The van der Waals surface area contributed by atoms with Gasteiger partial charge in [-0.25, -0.2) is 4.39 Å². The molecule has 0 radical (unpaired) electrons. The topological polar surface area (TPSA) is 65.4 Å². The van der Waals surface area contributed by atoms with Gasteiger partial charge in [0.05, 0.1) is 18.2 Å². The third kappa shape index (κ3) is 4.47. The molecule has 6 nitrogen and oxygen atoms in total. The number of carbonyl (C=O) groups is 1. The van der Waals surface area contributed by atoms with Gasteiger partial charge in [-0.3, -0.25) is 9.48 Å². The number of nitrogens with one attached hydrogen (secondary N) is 1. The molecule has 0 aliphatic carbocycles. The number of para-hydroxylation sites is 1. The predicted molar refractivity (Wildman–Crippen MR) is 98.9 cm³/mol. The molecule has 1 aromatic carbocycles. The fourth-order valence-corrected chi connectivity index (χ4v) is 3.30. The van der Waals surface area contributed by atoms with Gasteiger partial charge in [0.25, 0.3) is 0 Å². The summed E-state index contributed by atoms with van der Waals surface area (Å²) in [6, 6.07) is 8.33. The van der Waals surface area contributed by atoms with E-state index in [1.165, 1.54) is 6.07 Å². The van der Waals surface area contributed by atoms with Crippen LogP contribution in [0.4, 0.5) is 4.39 Å². The highest BCUT2D eigenvalue weighted by atomic mass is 19.1. The fourth-order valence-electron chi connectivity index (χ4n) is 3.30. The molecule has 2 aromatic rings. The zero-order valence-electron chi connectivity index (χ0n) is 15.9. The Bertz CT molecular complexity index is 777. The summed E-state index contributed by atoms with van der Waals surface area (Å²) in [7, 11) is 0. The minimum Gasteiger partial charge on any atom is -0.486 e. The second kappa shape index (κ2) is 8.52. The van der Waals surface area contributed by atoms with Crippen LogP contribution in [-0.2, 0) is 9.53 Å². The van der Waals surface area contributed by atoms with Gasteiger partial charge in [0.1, 0.15) is 12.2 Å². The zero-order valence-corrected chi connectivity index (χ0v) is 15.9. The van der Waals surface area contributed by atoms with E-state index in [9.17, 15) is 9.18 Å². The standard InChI is InChI=1S/C20H26FN3O3/c1-13(2)24-17(8-10-23-24)19-15(9-11-26-19)20(25)22-12-14(3)27-18-7-5-4-6-16(18)21/h4-8,10,13-15,19H,9,11-12H2,1-3H3,(H,22,25)/t14-,15+,19+/m1/s1. The van der Waals surface area contributed by atoms with Crippen molar-refractivity contribution in [3.8, 4) is 5.75 Å². The van der Waals surface area contributed by atoms with Gasteiger partial charge in [-0.2, -0.15) is 5.10 Å². The number of aromatic nitrogens is 2. The van der Waals surface area contributed by atoms with Crippen LogP contribution in [0, 0.1) is 11.7 Å². The third-order valence-electron chi connectivity index (χ3n) is 4.64. The lowest BCUT2D eigenvalue weighted by atomic mass is 9.97. The number of ether oxygens (including phenoxy) is 2. The van der Waals surface area contributed by atoms with Crippen LogP contribution in [0.15, 0.2) is 36.5 Å². The van der Waals surface area contributed by atoms with Crippen molar-refractivity contribution in [1.29, 1.82) is 0 Å². The summed E-state index contributed by atoms with van der Waals surface area (Å²) in [6.07, 6.45) is 1.73. The molecule has 146 valence electrons. The summed E-state index contributed by atoms with van der Waals surface area (Å²) in [5.74, 6) is -0.595. The molecule has 1 amide bonds. The van der Waals surface area contributed by atoms with E-state index in [-0.39, 0.29) is 35.8 Å².